The largest absolute Gasteiger partial charge is 0.328 e. The Morgan fingerprint density at radius 2 is 2.17 bits per heavy atom. The maximum Gasteiger partial charge on any atom is 0.328 e. The van der Waals surface area contributed by atoms with E-state index >= 15 is 0 Å². The molecule has 1 aromatic rings. The Bertz CT molecular complexity index is 412. The summed E-state index contributed by atoms with van der Waals surface area (Å²) in [5, 5.41) is 0. The molecule has 0 bridgehead atoms. The van der Waals surface area contributed by atoms with Crippen LogP contribution in [0.2, 0.25) is 0 Å². The van der Waals surface area contributed by atoms with Crippen molar-refractivity contribution in [3.8, 4) is 0 Å². The van der Waals surface area contributed by atoms with Crippen molar-refractivity contribution >= 4 is 0 Å². The second-order valence-electron chi connectivity index (χ2n) is 3.20. The van der Waals surface area contributed by atoms with Crippen LogP contribution in [0, 0.1) is 0 Å². The van der Waals surface area contributed by atoms with Crippen molar-refractivity contribution in [2.45, 2.75) is 18.8 Å². The number of aromatic nitrogens is 2. The third-order valence-electron chi connectivity index (χ3n) is 2.20. The average Bonchev–Trinajstić information content (AvgIpc) is 2.79. The summed E-state index contributed by atoms with van der Waals surface area (Å²) in [6.07, 6.45) is 2.19. The van der Waals surface area contributed by atoms with Crippen LogP contribution in [0.5, 0.6) is 0 Å². The predicted octanol–water partition coefficient (Wildman–Crippen LogP) is -0.0490. The molecule has 0 spiro atoms. The van der Waals surface area contributed by atoms with Gasteiger partial charge in [0, 0.05) is 18.8 Å². The summed E-state index contributed by atoms with van der Waals surface area (Å²) in [5.74, 6) is 0.435. The molecule has 4 heteroatoms. The van der Waals surface area contributed by atoms with Crippen LogP contribution in [0.4, 0.5) is 0 Å². The van der Waals surface area contributed by atoms with Crippen molar-refractivity contribution in [2.24, 2.45) is 7.05 Å². The monoisotopic (exact) mass is 166 g/mol. The first-order valence-electron chi connectivity index (χ1n) is 3.99. The molecule has 1 heterocycles. The van der Waals surface area contributed by atoms with Gasteiger partial charge in [-0.25, -0.2) is 4.79 Å². The van der Waals surface area contributed by atoms with Crippen LogP contribution in [0.15, 0.2) is 15.7 Å². The van der Waals surface area contributed by atoms with Crippen molar-refractivity contribution < 1.29 is 0 Å². The molecule has 0 unspecified atom stereocenters. The first kappa shape index (κ1) is 7.34. The van der Waals surface area contributed by atoms with E-state index in [1.807, 2.05) is 0 Å². The van der Waals surface area contributed by atoms with Gasteiger partial charge in [-0.05, 0) is 18.8 Å². The van der Waals surface area contributed by atoms with E-state index in [9.17, 15) is 9.59 Å². The molecule has 1 fully saturated rings. The minimum absolute atomic E-state index is 0.292. The third-order valence-corrected chi connectivity index (χ3v) is 2.20. The van der Waals surface area contributed by atoms with Gasteiger partial charge in [0.25, 0.3) is 5.56 Å². The zero-order valence-corrected chi connectivity index (χ0v) is 6.83. The van der Waals surface area contributed by atoms with Gasteiger partial charge in [-0.15, -0.1) is 0 Å². The Hall–Kier alpha value is -1.32. The van der Waals surface area contributed by atoms with Gasteiger partial charge in [-0.3, -0.25) is 9.78 Å². The van der Waals surface area contributed by atoms with Crippen LogP contribution in [-0.4, -0.2) is 9.55 Å². The van der Waals surface area contributed by atoms with Crippen LogP contribution in [0.3, 0.4) is 0 Å². The molecular weight excluding hydrogens is 156 g/mol. The molecule has 1 N–H and O–H groups in total. The summed E-state index contributed by atoms with van der Waals surface area (Å²) in [7, 11) is 1.69. The Labute approximate surface area is 68.9 Å². The summed E-state index contributed by atoms with van der Waals surface area (Å²) in [4.78, 5) is 24.2. The fourth-order valence-electron chi connectivity index (χ4n) is 1.34. The summed E-state index contributed by atoms with van der Waals surface area (Å²) >= 11 is 0. The number of rotatable bonds is 1. The van der Waals surface area contributed by atoms with E-state index in [4.69, 9.17) is 0 Å². The topological polar surface area (TPSA) is 54.9 Å². The summed E-state index contributed by atoms with van der Waals surface area (Å²) in [6.45, 7) is 0. The maximum absolute atomic E-state index is 11.1. The van der Waals surface area contributed by atoms with Crippen molar-refractivity contribution in [3.63, 3.8) is 0 Å². The van der Waals surface area contributed by atoms with Crippen LogP contribution < -0.4 is 11.2 Å². The zero-order valence-electron chi connectivity index (χ0n) is 6.83. The molecule has 1 aliphatic rings. The third kappa shape index (κ3) is 1.09. The van der Waals surface area contributed by atoms with Gasteiger partial charge in [0.05, 0.1) is 0 Å². The molecule has 2 rings (SSSR count). The highest BCUT2D eigenvalue weighted by Crippen LogP contribution is 2.38. The van der Waals surface area contributed by atoms with Gasteiger partial charge < -0.3 is 4.57 Å². The van der Waals surface area contributed by atoms with Gasteiger partial charge in [0.1, 0.15) is 0 Å². The van der Waals surface area contributed by atoms with Gasteiger partial charge in [0.2, 0.25) is 0 Å². The van der Waals surface area contributed by atoms with Crippen LogP contribution in [-0.2, 0) is 7.05 Å². The molecule has 1 saturated carbocycles. The summed E-state index contributed by atoms with van der Waals surface area (Å²) < 4.78 is 1.51. The van der Waals surface area contributed by atoms with E-state index < -0.39 is 0 Å². The molecule has 0 radical (unpaired) electrons. The zero-order chi connectivity index (χ0) is 8.72. The molecule has 64 valence electrons. The second-order valence-corrected chi connectivity index (χ2v) is 3.20. The quantitative estimate of drug-likeness (QED) is 0.636. The van der Waals surface area contributed by atoms with E-state index in [0.717, 1.165) is 18.5 Å². The van der Waals surface area contributed by atoms with E-state index in [1.54, 1.807) is 7.05 Å². The molecule has 0 amide bonds. The molecule has 0 aromatic carbocycles. The standard InChI is InChI=1S/C8H10N2O2/c1-10-6(5-2-3-5)4-7(11)9-8(10)12/h4-5H,2-3H2,1H3,(H,9,11,12). The van der Waals surface area contributed by atoms with Gasteiger partial charge >= 0.3 is 5.69 Å². The summed E-state index contributed by atoms with van der Waals surface area (Å²) in [6, 6.07) is 1.51. The van der Waals surface area contributed by atoms with Crippen LogP contribution >= 0.6 is 0 Å². The lowest BCUT2D eigenvalue weighted by molar-refractivity contribution is 0.732. The highest BCUT2D eigenvalue weighted by Gasteiger charge is 2.26. The Kier molecular flexibility index (Phi) is 1.43. The average molecular weight is 166 g/mol. The number of H-pyrrole nitrogens is 1. The van der Waals surface area contributed by atoms with Crippen LogP contribution in [0.1, 0.15) is 24.5 Å². The Balaban J connectivity index is 2.66. The number of hydrogen-bond acceptors (Lipinski definition) is 2. The highest BCUT2D eigenvalue weighted by molar-refractivity contribution is 5.13. The minimum Gasteiger partial charge on any atom is -0.301 e. The van der Waals surface area contributed by atoms with Gasteiger partial charge in [-0.2, -0.15) is 0 Å². The molecule has 4 nitrogen and oxygen atoms in total. The lowest BCUT2D eigenvalue weighted by Gasteiger charge is -2.03. The lowest BCUT2D eigenvalue weighted by Crippen LogP contribution is -2.29. The maximum atomic E-state index is 11.1. The predicted molar refractivity (Wildman–Crippen MR) is 44.3 cm³/mol. The highest BCUT2D eigenvalue weighted by atomic mass is 16.2. The SMILES string of the molecule is Cn1c(C2CC2)cc(=O)[nH]c1=O. The minimum atomic E-state index is -0.315. The van der Waals surface area contributed by atoms with Crippen molar-refractivity contribution in [3.05, 3.63) is 32.6 Å². The normalized spacial score (nSPS) is 16.4. The first-order valence-corrected chi connectivity index (χ1v) is 3.99. The Morgan fingerprint density at radius 1 is 1.50 bits per heavy atom. The lowest BCUT2D eigenvalue weighted by atomic mass is 10.3. The number of nitrogens with zero attached hydrogens (tertiary/aromatic N) is 1. The molecule has 1 aliphatic carbocycles. The molecule has 0 saturated heterocycles. The second kappa shape index (κ2) is 2.33. The Morgan fingerprint density at radius 3 is 2.75 bits per heavy atom. The number of nitrogens with one attached hydrogen (secondary N) is 1. The molecule has 0 atom stereocenters. The fraction of sp³-hybridized carbons (Fsp3) is 0.500. The number of aromatic amines is 1. The van der Waals surface area contributed by atoms with E-state index in [-0.39, 0.29) is 11.2 Å². The van der Waals surface area contributed by atoms with Crippen LogP contribution in [0.25, 0.3) is 0 Å². The smallest absolute Gasteiger partial charge is 0.301 e. The molecule has 0 aliphatic heterocycles. The van der Waals surface area contributed by atoms with E-state index in [1.165, 1.54) is 10.6 Å². The molecule has 1 aromatic heterocycles. The van der Waals surface area contributed by atoms with Gasteiger partial charge in [-0.1, -0.05) is 0 Å². The molecule has 12 heavy (non-hydrogen) atoms. The fourth-order valence-corrected chi connectivity index (χ4v) is 1.34. The van der Waals surface area contributed by atoms with Crippen molar-refractivity contribution in [1.29, 1.82) is 0 Å². The first-order chi connectivity index (χ1) is 5.68. The molecular formula is C8H10N2O2. The van der Waals surface area contributed by atoms with Gasteiger partial charge in [0.15, 0.2) is 0 Å². The summed E-state index contributed by atoms with van der Waals surface area (Å²) in [5.41, 5.74) is 0.258. The van der Waals surface area contributed by atoms with Crippen molar-refractivity contribution in [1.82, 2.24) is 9.55 Å². The van der Waals surface area contributed by atoms with Crippen molar-refractivity contribution in [2.75, 3.05) is 0 Å². The number of hydrogen-bond donors (Lipinski definition) is 1. The van der Waals surface area contributed by atoms with E-state index in [2.05, 4.69) is 4.98 Å². The van der Waals surface area contributed by atoms with E-state index in [0.29, 0.717) is 5.92 Å².